The number of hydrogen-bond donors (Lipinski definition) is 1. The van der Waals surface area contributed by atoms with E-state index < -0.39 is 0 Å². The Hall–Kier alpha value is -1.22. The first-order chi connectivity index (χ1) is 9.11. The van der Waals surface area contributed by atoms with E-state index in [1.54, 1.807) is 0 Å². The van der Waals surface area contributed by atoms with Crippen LogP contribution in [-0.4, -0.2) is 38.1 Å². The van der Waals surface area contributed by atoms with Crippen LogP contribution in [0.4, 0.5) is 11.4 Å². The van der Waals surface area contributed by atoms with Crippen LogP contribution in [0.5, 0.6) is 0 Å². The van der Waals surface area contributed by atoms with Gasteiger partial charge in [0.2, 0.25) is 0 Å². The Balaban J connectivity index is 2.00. The summed E-state index contributed by atoms with van der Waals surface area (Å²) in [5.41, 5.74) is 7.91. The van der Waals surface area contributed by atoms with Crippen molar-refractivity contribution >= 4 is 11.4 Å². The first kappa shape index (κ1) is 14.2. The van der Waals surface area contributed by atoms with Crippen LogP contribution in [0.2, 0.25) is 0 Å². The molecule has 1 aromatic carbocycles. The van der Waals surface area contributed by atoms with Crippen molar-refractivity contribution in [1.29, 1.82) is 0 Å². The van der Waals surface area contributed by atoms with Crippen LogP contribution < -0.4 is 10.6 Å². The lowest BCUT2D eigenvalue weighted by atomic mass is 9.94. The maximum absolute atomic E-state index is 5.75. The summed E-state index contributed by atoms with van der Waals surface area (Å²) in [4.78, 5) is 4.90. The highest BCUT2D eigenvalue weighted by Crippen LogP contribution is 2.29. The number of rotatable bonds is 5. The van der Waals surface area contributed by atoms with Gasteiger partial charge in [0, 0.05) is 30.5 Å². The highest BCUT2D eigenvalue weighted by atomic mass is 15.2. The second kappa shape index (κ2) is 6.29. The molecule has 0 radical (unpaired) electrons. The molecule has 3 nitrogen and oxygen atoms in total. The van der Waals surface area contributed by atoms with Crippen molar-refractivity contribution in [1.82, 2.24) is 4.90 Å². The Morgan fingerprint density at radius 2 is 2.00 bits per heavy atom. The fourth-order valence-electron chi connectivity index (χ4n) is 3.23. The molecular formula is C16H27N3. The normalized spacial score (nSPS) is 21.1. The van der Waals surface area contributed by atoms with E-state index in [1.165, 1.54) is 38.0 Å². The third kappa shape index (κ3) is 3.41. The fraction of sp³-hybridized carbons (Fsp3) is 0.625. The van der Waals surface area contributed by atoms with Gasteiger partial charge < -0.3 is 15.5 Å². The lowest BCUT2D eigenvalue weighted by Gasteiger charge is -2.30. The lowest BCUT2D eigenvalue weighted by molar-refractivity contribution is 0.207. The molecule has 1 aromatic rings. The molecular weight excluding hydrogens is 234 g/mol. The van der Waals surface area contributed by atoms with E-state index in [9.17, 15) is 0 Å². The Bertz CT molecular complexity index is 385. The topological polar surface area (TPSA) is 32.5 Å². The average Bonchev–Trinajstić information content (AvgIpc) is 2.85. The zero-order valence-corrected chi connectivity index (χ0v) is 12.5. The van der Waals surface area contributed by atoms with Gasteiger partial charge in [-0.3, -0.25) is 0 Å². The Labute approximate surface area is 117 Å². The second-order valence-corrected chi connectivity index (χ2v) is 5.91. The highest BCUT2D eigenvalue weighted by molar-refractivity contribution is 5.53. The summed E-state index contributed by atoms with van der Waals surface area (Å²) in [6.45, 7) is 4.62. The predicted molar refractivity (Wildman–Crippen MR) is 83.6 cm³/mol. The van der Waals surface area contributed by atoms with Crippen molar-refractivity contribution in [3.63, 3.8) is 0 Å². The first-order valence-electron chi connectivity index (χ1n) is 7.38. The maximum atomic E-state index is 5.75. The van der Waals surface area contributed by atoms with Gasteiger partial charge in [0.25, 0.3) is 0 Å². The van der Waals surface area contributed by atoms with Gasteiger partial charge >= 0.3 is 0 Å². The third-order valence-corrected chi connectivity index (χ3v) is 4.27. The minimum Gasteiger partial charge on any atom is -0.399 e. The smallest absolute Gasteiger partial charge is 0.0367 e. The summed E-state index contributed by atoms with van der Waals surface area (Å²) in [5, 5.41) is 0. The number of benzene rings is 1. The van der Waals surface area contributed by atoms with Crippen molar-refractivity contribution in [3.8, 4) is 0 Å². The molecule has 1 heterocycles. The van der Waals surface area contributed by atoms with Gasteiger partial charge in [0.15, 0.2) is 0 Å². The van der Waals surface area contributed by atoms with Crippen LogP contribution in [0.25, 0.3) is 0 Å². The Morgan fingerprint density at radius 1 is 1.32 bits per heavy atom. The van der Waals surface area contributed by atoms with Crippen molar-refractivity contribution in [2.75, 3.05) is 37.8 Å². The van der Waals surface area contributed by atoms with Crippen molar-refractivity contribution in [3.05, 3.63) is 24.3 Å². The third-order valence-electron chi connectivity index (χ3n) is 4.27. The van der Waals surface area contributed by atoms with Gasteiger partial charge in [-0.25, -0.2) is 0 Å². The van der Waals surface area contributed by atoms with E-state index in [1.807, 2.05) is 12.1 Å². The maximum Gasteiger partial charge on any atom is 0.0367 e. The standard InChI is InChI=1S/C16H27N3/c1-4-5-16(18(2)3)13-10-11-19(12-13)15-8-6-14(17)7-9-15/h6-9,13,16H,4-5,10-12,17H2,1-3H3. The van der Waals surface area contributed by atoms with Crippen LogP contribution >= 0.6 is 0 Å². The summed E-state index contributed by atoms with van der Waals surface area (Å²) in [6.07, 6.45) is 3.86. The van der Waals surface area contributed by atoms with E-state index in [-0.39, 0.29) is 0 Å². The predicted octanol–water partition coefficient (Wildman–Crippen LogP) is 2.83. The van der Waals surface area contributed by atoms with Crippen LogP contribution in [0.15, 0.2) is 24.3 Å². The molecule has 1 aliphatic rings. The van der Waals surface area contributed by atoms with E-state index in [0.29, 0.717) is 6.04 Å². The Kier molecular flexibility index (Phi) is 4.70. The molecule has 0 aromatic heterocycles. The zero-order valence-electron chi connectivity index (χ0n) is 12.5. The van der Waals surface area contributed by atoms with Gasteiger partial charge in [0.1, 0.15) is 0 Å². The molecule has 0 aliphatic carbocycles. The van der Waals surface area contributed by atoms with Gasteiger partial charge in [0.05, 0.1) is 0 Å². The fourth-order valence-corrected chi connectivity index (χ4v) is 3.23. The monoisotopic (exact) mass is 261 g/mol. The van der Waals surface area contributed by atoms with Gasteiger partial charge in [-0.15, -0.1) is 0 Å². The highest BCUT2D eigenvalue weighted by Gasteiger charge is 2.30. The summed E-state index contributed by atoms with van der Waals surface area (Å²) in [6, 6.07) is 8.99. The number of nitrogens with two attached hydrogens (primary N) is 1. The average molecular weight is 261 g/mol. The van der Waals surface area contributed by atoms with Crippen LogP contribution in [0.1, 0.15) is 26.2 Å². The van der Waals surface area contributed by atoms with E-state index in [0.717, 1.165) is 11.6 Å². The molecule has 106 valence electrons. The van der Waals surface area contributed by atoms with Gasteiger partial charge in [-0.2, -0.15) is 0 Å². The van der Waals surface area contributed by atoms with Gasteiger partial charge in [-0.1, -0.05) is 13.3 Å². The molecule has 2 atom stereocenters. The molecule has 2 N–H and O–H groups in total. The molecule has 0 bridgehead atoms. The van der Waals surface area contributed by atoms with E-state index >= 15 is 0 Å². The van der Waals surface area contributed by atoms with E-state index in [2.05, 4.69) is 43.0 Å². The summed E-state index contributed by atoms with van der Waals surface area (Å²) in [7, 11) is 4.43. The van der Waals surface area contributed by atoms with Crippen LogP contribution in [0.3, 0.4) is 0 Å². The van der Waals surface area contributed by atoms with Gasteiger partial charge in [-0.05, 0) is 57.1 Å². The summed E-state index contributed by atoms with van der Waals surface area (Å²) < 4.78 is 0. The number of nitrogen functional groups attached to an aromatic ring is 1. The molecule has 0 spiro atoms. The molecule has 1 saturated heterocycles. The molecule has 1 fully saturated rings. The molecule has 2 rings (SSSR count). The number of anilines is 2. The van der Waals surface area contributed by atoms with Crippen molar-refractivity contribution in [2.24, 2.45) is 5.92 Å². The molecule has 0 amide bonds. The largest absolute Gasteiger partial charge is 0.399 e. The van der Waals surface area contributed by atoms with Crippen molar-refractivity contribution in [2.45, 2.75) is 32.2 Å². The SMILES string of the molecule is CCCC(C1CCN(c2ccc(N)cc2)C1)N(C)C. The minimum absolute atomic E-state index is 0.712. The van der Waals surface area contributed by atoms with E-state index in [4.69, 9.17) is 5.73 Å². The molecule has 3 heteroatoms. The first-order valence-corrected chi connectivity index (χ1v) is 7.38. The molecule has 0 saturated carbocycles. The minimum atomic E-state index is 0.712. The zero-order chi connectivity index (χ0) is 13.8. The number of hydrogen-bond acceptors (Lipinski definition) is 3. The van der Waals surface area contributed by atoms with Crippen LogP contribution in [-0.2, 0) is 0 Å². The molecule has 1 aliphatic heterocycles. The summed E-state index contributed by atoms with van der Waals surface area (Å²) >= 11 is 0. The molecule has 19 heavy (non-hydrogen) atoms. The number of nitrogens with zero attached hydrogens (tertiary/aromatic N) is 2. The second-order valence-electron chi connectivity index (χ2n) is 5.91. The van der Waals surface area contributed by atoms with Crippen molar-refractivity contribution < 1.29 is 0 Å². The lowest BCUT2D eigenvalue weighted by Crippen LogP contribution is -2.36. The summed E-state index contributed by atoms with van der Waals surface area (Å²) in [5.74, 6) is 0.785. The quantitative estimate of drug-likeness (QED) is 0.827. The molecule has 2 unspecified atom stereocenters. The van der Waals surface area contributed by atoms with Crippen LogP contribution in [0, 0.1) is 5.92 Å². The Morgan fingerprint density at radius 3 is 2.58 bits per heavy atom.